The predicted octanol–water partition coefficient (Wildman–Crippen LogP) is 2.15. The molecule has 0 saturated carbocycles. The minimum atomic E-state index is -0.0670. The lowest BCUT2D eigenvalue weighted by Gasteiger charge is -2.35. The van der Waals surface area contributed by atoms with Gasteiger partial charge in [0.05, 0.1) is 24.5 Å². The van der Waals surface area contributed by atoms with Crippen LogP contribution in [0, 0.1) is 6.92 Å². The number of hydrogen-bond donors (Lipinski definition) is 1. The Bertz CT molecular complexity index is 648. The highest BCUT2D eigenvalue weighted by Crippen LogP contribution is 2.30. The first-order valence-corrected chi connectivity index (χ1v) is 7.58. The Kier molecular flexibility index (Phi) is 4.13. The molecule has 1 unspecified atom stereocenters. The predicted molar refractivity (Wildman–Crippen MR) is 80.0 cm³/mol. The van der Waals surface area contributed by atoms with Gasteiger partial charge in [0.15, 0.2) is 5.76 Å². The molecular formula is C15H21N5O2. The third-order valence-electron chi connectivity index (χ3n) is 3.96. The number of nitrogens with zero attached hydrogens (tertiary/aromatic N) is 4. The van der Waals surface area contributed by atoms with Crippen LogP contribution >= 0.6 is 0 Å². The molecule has 7 heteroatoms. The summed E-state index contributed by atoms with van der Waals surface area (Å²) in [4.78, 5) is 14.4. The van der Waals surface area contributed by atoms with Gasteiger partial charge >= 0.3 is 6.03 Å². The van der Waals surface area contributed by atoms with Crippen LogP contribution in [0.2, 0.25) is 0 Å². The van der Waals surface area contributed by atoms with Crippen molar-refractivity contribution in [1.29, 1.82) is 0 Å². The first-order valence-electron chi connectivity index (χ1n) is 7.58. The van der Waals surface area contributed by atoms with Crippen molar-refractivity contribution < 1.29 is 9.32 Å². The third kappa shape index (κ3) is 3.13. The van der Waals surface area contributed by atoms with E-state index in [1.165, 1.54) is 0 Å². The van der Waals surface area contributed by atoms with E-state index in [0.717, 1.165) is 37.1 Å². The van der Waals surface area contributed by atoms with Crippen LogP contribution in [0.1, 0.15) is 42.3 Å². The van der Waals surface area contributed by atoms with Gasteiger partial charge in [-0.05, 0) is 26.2 Å². The zero-order valence-corrected chi connectivity index (χ0v) is 13.0. The summed E-state index contributed by atoms with van der Waals surface area (Å²) in [6, 6.07) is 1.86. The summed E-state index contributed by atoms with van der Waals surface area (Å²) >= 11 is 0. The molecule has 1 N–H and O–H groups in total. The summed E-state index contributed by atoms with van der Waals surface area (Å²) in [7, 11) is 1.89. The van der Waals surface area contributed by atoms with Crippen LogP contribution in [0.25, 0.3) is 0 Å². The average molecular weight is 303 g/mol. The number of hydrogen-bond acceptors (Lipinski definition) is 4. The Labute approximate surface area is 129 Å². The van der Waals surface area contributed by atoms with Gasteiger partial charge in [-0.2, -0.15) is 5.10 Å². The first-order chi connectivity index (χ1) is 10.6. The van der Waals surface area contributed by atoms with E-state index < -0.39 is 0 Å². The van der Waals surface area contributed by atoms with E-state index in [9.17, 15) is 4.79 Å². The van der Waals surface area contributed by atoms with Gasteiger partial charge in [-0.3, -0.25) is 4.68 Å². The topological polar surface area (TPSA) is 76.2 Å². The second kappa shape index (κ2) is 6.21. The van der Waals surface area contributed by atoms with Gasteiger partial charge in [0.25, 0.3) is 0 Å². The van der Waals surface area contributed by atoms with Gasteiger partial charge in [-0.25, -0.2) is 4.79 Å². The number of aromatic nitrogens is 3. The van der Waals surface area contributed by atoms with Crippen LogP contribution in [-0.2, 0) is 13.6 Å². The molecule has 2 amide bonds. The van der Waals surface area contributed by atoms with Gasteiger partial charge in [0, 0.05) is 31.4 Å². The van der Waals surface area contributed by atoms with Crippen LogP contribution < -0.4 is 5.32 Å². The second-order valence-electron chi connectivity index (χ2n) is 5.75. The van der Waals surface area contributed by atoms with Gasteiger partial charge in [-0.15, -0.1) is 0 Å². The maximum atomic E-state index is 12.5. The summed E-state index contributed by atoms with van der Waals surface area (Å²) in [6.07, 6.45) is 6.96. The minimum absolute atomic E-state index is 0.0670. The second-order valence-corrected chi connectivity index (χ2v) is 5.75. The number of aryl methyl sites for hydroxylation is 2. The first kappa shape index (κ1) is 14.6. The van der Waals surface area contributed by atoms with Crippen molar-refractivity contribution >= 4 is 6.03 Å². The molecule has 118 valence electrons. The molecule has 1 saturated heterocycles. The van der Waals surface area contributed by atoms with E-state index in [4.69, 9.17) is 4.52 Å². The summed E-state index contributed by atoms with van der Waals surface area (Å²) in [5, 5.41) is 11.0. The van der Waals surface area contributed by atoms with Crippen molar-refractivity contribution in [2.24, 2.45) is 7.05 Å². The van der Waals surface area contributed by atoms with Crippen molar-refractivity contribution in [3.63, 3.8) is 0 Å². The fourth-order valence-corrected chi connectivity index (χ4v) is 2.90. The lowest BCUT2D eigenvalue weighted by molar-refractivity contribution is 0.150. The number of nitrogens with one attached hydrogen (secondary N) is 1. The molecule has 0 aromatic carbocycles. The summed E-state index contributed by atoms with van der Waals surface area (Å²) in [5.74, 6) is 0.667. The fourth-order valence-electron chi connectivity index (χ4n) is 2.90. The number of piperidine rings is 1. The van der Waals surface area contributed by atoms with Crippen LogP contribution in [0.5, 0.6) is 0 Å². The van der Waals surface area contributed by atoms with Crippen molar-refractivity contribution in [2.75, 3.05) is 6.54 Å². The Morgan fingerprint density at radius 2 is 2.36 bits per heavy atom. The van der Waals surface area contributed by atoms with Crippen molar-refractivity contribution in [1.82, 2.24) is 25.2 Å². The number of likely N-dealkylation sites (tertiary alicyclic amines) is 1. The smallest absolute Gasteiger partial charge is 0.318 e. The Balaban J connectivity index is 1.66. The maximum Gasteiger partial charge on any atom is 0.318 e. The maximum absolute atomic E-state index is 12.5. The lowest BCUT2D eigenvalue weighted by Crippen LogP contribution is -2.44. The van der Waals surface area contributed by atoms with Crippen molar-refractivity contribution in [3.8, 4) is 0 Å². The fraction of sp³-hybridized carbons (Fsp3) is 0.533. The Morgan fingerprint density at radius 3 is 3.05 bits per heavy atom. The number of amides is 2. The molecule has 3 rings (SSSR count). The standard InChI is InChI=1S/C15H21N5O2/c1-11-7-13(22-18-11)9-16-15(21)20-6-4-3-5-14(20)12-8-17-19(2)10-12/h7-8,10,14H,3-6,9H2,1-2H3,(H,16,21). The number of carbonyl (C=O) groups is 1. The SMILES string of the molecule is Cc1cc(CNC(=O)N2CCCCC2c2cnn(C)c2)on1. The highest BCUT2D eigenvalue weighted by molar-refractivity contribution is 5.74. The molecule has 3 heterocycles. The van der Waals surface area contributed by atoms with E-state index >= 15 is 0 Å². The van der Waals surface area contributed by atoms with E-state index in [0.29, 0.717) is 12.3 Å². The van der Waals surface area contributed by atoms with Crippen molar-refractivity contribution in [2.45, 2.75) is 38.8 Å². The van der Waals surface area contributed by atoms with Crippen molar-refractivity contribution in [3.05, 3.63) is 35.5 Å². The Morgan fingerprint density at radius 1 is 1.50 bits per heavy atom. The number of carbonyl (C=O) groups excluding carboxylic acids is 1. The molecule has 0 bridgehead atoms. The quantitative estimate of drug-likeness (QED) is 0.942. The summed E-state index contributed by atoms with van der Waals surface area (Å²) in [6.45, 7) is 2.98. The number of urea groups is 1. The van der Waals surface area contributed by atoms with E-state index in [1.807, 2.05) is 37.3 Å². The zero-order chi connectivity index (χ0) is 15.5. The highest BCUT2D eigenvalue weighted by atomic mass is 16.5. The molecule has 1 aliphatic rings. The van der Waals surface area contributed by atoms with Gasteiger partial charge in [0.2, 0.25) is 0 Å². The van der Waals surface area contributed by atoms with Gasteiger partial charge in [0.1, 0.15) is 0 Å². The largest absolute Gasteiger partial charge is 0.359 e. The molecule has 1 fully saturated rings. The van der Waals surface area contributed by atoms with Gasteiger partial charge in [-0.1, -0.05) is 5.16 Å². The van der Waals surface area contributed by atoms with E-state index in [1.54, 1.807) is 4.68 Å². The molecule has 0 aliphatic carbocycles. The molecular weight excluding hydrogens is 282 g/mol. The molecule has 1 aliphatic heterocycles. The molecule has 0 spiro atoms. The average Bonchev–Trinajstić information content (AvgIpc) is 3.13. The normalized spacial score (nSPS) is 18.5. The zero-order valence-electron chi connectivity index (χ0n) is 13.0. The summed E-state index contributed by atoms with van der Waals surface area (Å²) in [5.41, 5.74) is 1.91. The Hall–Kier alpha value is -2.31. The van der Waals surface area contributed by atoms with E-state index in [-0.39, 0.29) is 12.1 Å². The van der Waals surface area contributed by atoms with Crippen LogP contribution in [0.15, 0.2) is 23.0 Å². The molecule has 1 atom stereocenters. The third-order valence-corrected chi connectivity index (χ3v) is 3.96. The minimum Gasteiger partial charge on any atom is -0.359 e. The monoisotopic (exact) mass is 303 g/mol. The van der Waals surface area contributed by atoms with Crippen LogP contribution in [0.4, 0.5) is 4.79 Å². The molecule has 22 heavy (non-hydrogen) atoms. The molecule has 2 aromatic rings. The summed E-state index contributed by atoms with van der Waals surface area (Å²) < 4.78 is 6.90. The highest BCUT2D eigenvalue weighted by Gasteiger charge is 2.28. The number of rotatable bonds is 3. The van der Waals surface area contributed by atoms with Crippen LogP contribution in [-0.4, -0.2) is 32.4 Å². The van der Waals surface area contributed by atoms with E-state index in [2.05, 4.69) is 15.6 Å². The van der Waals surface area contributed by atoms with Crippen LogP contribution in [0.3, 0.4) is 0 Å². The molecule has 7 nitrogen and oxygen atoms in total. The van der Waals surface area contributed by atoms with Gasteiger partial charge < -0.3 is 14.7 Å². The molecule has 0 radical (unpaired) electrons. The lowest BCUT2D eigenvalue weighted by atomic mass is 9.98. The molecule has 2 aromatic heterocycles.